The van der Waals surface area contributed by atoms with Crippen molar-refractivity contribution in [1.29, 1.82) is 0 Å². The van der Waals surface area contributed by atoms with Gasteiger partial charge in [-0.3, -0.25) is 0 Å². The molecule has 2 rings (SSSR count). The Morgan fingerprint density at radius 2 is 2.12 bits per heavy atom. The number of rotatable bonds is 2. The van der Waals surface area contributed by atoms with Gasteiger partial charge in [0.25, 0.3) is 0 Å². The lowest BCUT2D eigenvalue weighted by Crippen LogP contribution is -2.23. The minimum Gasteiger partial charge on any atom is -0.382 e. The number of nitrogens with zero attached hydrogens (tertiary/aromatic N) is 1. The molecule has 3 heteroatoms. The van der Waals surface area contributed by atoms with Crippen molar-refractivity contribution in [2.75, 3.05) is 25.5 Å². The number of aryl methyl sites for hydroxylation is 1. The van der Waals surface area contributed by atoms with Gasteiger partial charge in [0.1, 0.15) is 5.82 Å². The van der Waals surface area contributed by atoms with E-state index in [1.54, 1.807) is 6.07 Å². The number of likely N-dealkylation sites (tertiary alicyclic amines) is 1. The number of hydrogen-bond acceptors (Lipinski definition) is 2. The van der Waals surface area contributed by atoms with E-state index in [9.17, 15) is 4.39 Å². The van der Waals surface area contributed by atoms with Gasteiger partial charge in [0.15, 0.2) is 0 Å². The van der Waals surface area contributed by atoms with Crippen LogP contribution in [-0.4, -0.2) is 31.1 Å². The lowest BCUT2D eigenvalue weighted by molar-refractivity contribution is 0.348. The van der Waals surface area contributed by atoms with E-state index in [-0.39, 0.29) is 5.82 Å². The van der Waals surface area contributed by atoms with E-state index in [4.69, 9.17) is 0 Å². The zero-order valence-electron chi connectivity index (χ0n) is 10.7. The second kappa shape index (κ2) is 5.50. The molecule has 0 aliphatic carbocycles. The standard InChI is InChI=1S/C14H21FN2/c1-11-5-6-12(15)10-14(11)16-13-4-3-8-17(2)9-7-13/h5-6,10,13,16H,3-4,7-9H2,1-2H3. The minimum atomic E-state index is -0.163. The van der Waals surface area contributed by atoms with E-state index in [0.29, 0.717) is 6.04 Å². The monoisotopic (exact) mass is 236 g/mol. The van der Waals surface area contributed by atoms with Crippen LogP contribution in [0.3, 0.4) is 0 Å². The summed E-state index contributed by atoms with van der Waals surface area (Å²) >= 11 is 0. The fourth-order valence-electron chi connectivity index (χ4n) is 2.35. The van der Waals surface area contributed by atoms with Crippen molar-refractivity contribution in [2.24, 2.45) is 0 Å². The molecule has 0 amide bonds. The Morgan fingerprint density at radius 1 is 1.29 bits per heavy atom. The molecule has 1 aromatic carbocycles. The van der Waals surface area contributed by atoms with Gasteiger partial charge in [-0.25, -0.2) is 4.39 Å². The van der Waals surface area contributed by atoms with Gasteiger partial charge in [-0.2, -0.15) is 0 Å². The zero-order chi connectivity index (χ0) is 12.3. The maximum atomic E-state index is 13.2. The van der Waals surface area contributed by atoms with Crippen molar-refractivity contribution < 1.29 is 4.39 Å². The second-order valence-corrected chi connectivity index (χ2v) is 5.03. The van der Waals surface area contributed by atoms with Crippen LogP contribution >= 0.6 is 0 Å². The highest BCUT2D eigenvalue weighted by Crippen LogP contribution is 2.20. The van der Waals surface area contributed by atoms with Gasteiger partial charge in [-0.05, 0) is 64.0 Å². The Kier molecular flexibility index (Phi) is 4.00. The number of benzene rings is 1. The zero-order valence-corrected chi connectivity index (χ0v) is 10.7. The van der Waals surface area contributed by atoms with Gasteiger partial charge in [0, 0.05) is 11.7 Å². The van der Waals surface area contributed by atoms with Crippen LogP contribution in [-0.2, 0) is 0 Å². The van der Waals surface area contributed by atoms with Crippen LogP contribution in [0, 0.1) is 12.7 Å². The predicted octanol–water partition coefficient (Wildman–Crippen LogP) is 3.03. The molecule has 94 valence electrons. The van der Waals surface area contributed by atoms with Crippen molar-refractivity contribution in [3.8, 4) is 0 Å². The number of nitrogens with one attached hydrogen (secondary N) is 1. The highest BCUT2D eigenvalue weighted by atomic mass is 19.1. The van der Waals surface area contributed by atoms with Crippen LogP contribution in [0.25, 0.3) is 0 Å². The highest BCUT2D eigenvalue weighted by Gasteiger charge is 2.15. The Morgan fingerprint density at radius 3 is 2.94 bits per heavy atom. The van der Waals surface area contributed by atoms with E-state index >= 15 is 0 Å². The third-order valence-electron chi connectivity index (χ3n) is 3.51. The molecule has 1 atom stereocenters. The first kappa shape index (κ1) is 12.4. The van der Waals surface area contributed by atoms with Gasteiger partial charge in [-0.15, -0.1) is 0 Å². The molecule has 1 heterocycles. The van der Waals surface area contributed by atoms with Gasteiger partial charge in [0.05, 0.1) is 0 Å². The molecule has 0 spiro atoms. The summed E-state index contributed by atoms with van der Waals surface area (Å²) in [6.07, 6.45) is 3.51. The normalized spacial score (nSPS) is 22.2. The number of hydrogen-bond donors (Lipinski definition) is 1. The summed E-state index contributed by atoms with van der Waals surface area (Å²) in [4.78, 5) is 2.36. The molecule has 1 fully saturated rings. The maximum Gasteiger partial charge on any atom is 0.125 e. The molecular formula is C14H21FN2. The molecule has 1 aromatic rings. The Bertz CT molecular complexity index is 378. The minimum absolute atomic E-state index is 0.163. The summed E-state index contributed by atoms with van der Waals surface area (Å²) in [6.45, 7) is 4.30. The molecule has 1 saturated heterocycles. The molecule has 2 nitrogen and oxygen atoms in total. The summed E-state index contributed by atoms with van der Waals surface area (Å²) in [7, 11) is 2.16. The van der Waals surface area contributed by atoms with E-state index < -0.39 is 0 Å². The van der Waals surface area contributed by atoms with Gasteiger partial charge in [0.2, 0.25) is 0 Å². The first-order valence-corrected chi connectivity index (χ1v) is 6.36. The van der Waals surface area contributed by atoms with Crippen LogP contribution in [0.15, 0.2) is 18.2 Å². The van der Waals surface area contributed by atoms with Crippen LogP contribution in [0.4, 0.5) is 10.1 Å². The Hall–Kier alpha value is -1.09. The molecule has 1 aliphatic heterocycles. The molecule has 0 aromatic heterocycles. The first-order valence-electron chi connectivity index (χ1n) is 6.36. The van der Waals surface area contributed by atoms with Gasteiger partial charge < -0.3 is 10.2 Å². The molecule has 1 N–H and O–H groups in total. The van der Waals surface area contributed by atoms with Crippen LogP contribution in [0.1, 0.15) is 24.8 Å². The average Bonchev–Trinajstić information content (AvgIpc) is 2.49. The summed E-state index contributed by atoms with van der Waals surface area (Å²) in [6, 6.07) is 5.42. The third kappa shape index (κ3) is 3.43. The number of anilines is 1. The second-order valence-electron chi connectivity index (χ2n) is 5.03. The van der Waals surface area contributed by atoms with Crippen LogP contribution < -0.4 is 5.32 Å². The van der Waals surface area contributed by atoms with Crippen molar-refractivity contribution in [3.05, 3.63) is 29.6 Å². The van der Waals surface area contributed by atoms with Crippen LogP contribution in [0.5, 0.6) is 0 Å². The number of halogens is 1. The quantitative estimate of drug-likeness (QED) is 0.849. The summed E-state index contributed by atoms with van der Waals surface area (Å²) in [5, 5.41) is 3.48. The molecule has 1 unspecified atom stereocenters. The summed E-state index contributed by atoms with van der Waals surface area (Å²) in [5.74, 6) is -0.163. The van der Waals surface area contributed by atoms with Gasteiger partial charge >= 0.3 is 0 Å². The molecule has 17 heavy (non-hydrogen) atoms. The van der Waals surface area contributed by atoms with Gasteiger partial charge in [-0.1, -0.05) is 6.07 Å². The first-order chi connectivity index (χ1) is 8.15. The summed E-state index contributed by atoms with van der Waals surface area (Å²) < 4.78 is 13.2. The lowest BCUT2D eigenvalue weighted by atomic mass is 10.1. The van der Waals surface area contributed by atoms with E-state index in [0.717, 1.165) is 24.2 Å². The average molecular weight is 236 g/mol. The summed E-state index contributed by atoms with van der Waals surface area (Å²) in [5.41, 5.74) is 2.06. The largest absolute Gasteiger partial charge is 0.382 e. The molecule has 1 aliphatic rings. The Balaban J connectivity index is 2.02. The lowest BCUT2D eigenvalue weighted by Gasteiger charge is -2.19. The molecular weight excluding hydrogens is 215 g/mol. The molecule has 0 radical (unpaired) electrons. The SMILES string of the molecule is Cc1ccc(F)cc1NC1CCCN(C)CC1. The van der Waals surface area contributed by atoms with E-state index in [1.165, 1.54) is 25.5 Å². The maximum absolute atomic E-state index is 13.2. The van der Waals surface area contributed by atoms with Crippen molar-refractivity contribution >= 4 is 5.69 Å². The van der Waals surface area contributed by atoms with Crippen molar-refractivity contribution in [3.63, 3.8) is 0 Å². The third-order valence-corrected chi connectivity index (χ3v) is 3.51. The predicted molar refractivity (Wildman–Crippen MR) is 69.9 cm³/mol. The highest BCUT2D eigenvalue weighted by molar-refractivity contribution is 5.51. The van der Waals surface area contributed by atoms with E-state index in [2.05, 4.69) is 17.3 Å². The van der Waals surface area contributed by atoms with Crippen molar-refractivity contribution in [1.82, 2.24) is 4.90 Å². The topological polar surface area (TPSA) is 15.3 Å². The van der Waals surface area contributed by atoms with Crippen LogP contribution in [0.2, 0.25) is 0 Å². The van der Waals surface area contributed by atoms with Crippen molar-refractivity contribution in [2.45, 2.75) is 32.2 Å². The molecule has 0 bridgehead atoms. The smallest absolute Gasteiger partial charge is 0.125 e. The Labute approximate surface area is 103 Å². The van der Waals surface area contributed by atoms with E-state index in [1.807, 2.05) is 13.0 Å². The molecule has 0 saturated carbocycles. The fraction of sp³-hybridized carbons (Fsp3) is 0.571. The fourth-order valence-corrected chi connectivity index (χ4v) is 2.35.